The first-order valence-corrected chi connectivity index (χ1v) is 10.1. The van der Waals surface area contributed by atoms with Crippen molar-refractivity contribution in [2.45, 2.75) is 19.4 Å². The molecule has 0 spiro atoms. The van der Waals surface area contributed by atoms with E-state index >= 15 is 0 Å². The van der Waals surface area contributed by atoms with Crippen molar-refractivity contribution in [3.05, 3.63) is 77.8 Å². The van der Waals surface area contributed by atoms with Crippen molar-refractivity contribution in [1.29, 1.82) is 0 Å². The van der Waals surface area contributed by atoms with Gasteiger partial charge in [0.1, 0.15) is 18.1 Å². The van der Waals surface area contributed by atoms with Gasteiger partial charge in [0, 0.05) is 31.1 Å². The molecule has 1 N–H and O–H groups in total. The van der Waals surface area contributed by atoms with Gasteiger partial charge in [0.15, 0.2) is 0 Å². The second-order valence-electron chi connectivity index (χ2n) is 7.51. The van der Waals surface area contributed by atoms with E-state index in [9.17, 15) is 4.79 Å². The number of hydrogen-bond acceptors (Lipinski definition) is 8. The summed E-state index contributed by atoms with van der Waals surface area (Å²) >= 11 is 0. The molecule has 158 valence electrons. The van der Waals surface area contributed by atoms with Crippen LogP contribution in [0.5, 0.6) is 0 Å². The van der Waals surface area contributed by atoms with Gasteiger partial charge in [-0.25, -0.2) is 19.5 Å². The highest BCUT2D eigenvalue weighted by atomic mass is 16.4. The van der Waals surface area contributed by atoms with Crippen molar-refractivity contribution in [2.75, 3.05) is 6.54 Å². The average Bonchev–Trinajstić information content (AvgIpc) is 3.58. The number of aromatic nitrogens is 8. The van der Waals surface area contributed by atoms with Crippen LogP contribution in [0.4, 0.5) is 0 Å². The summed E-state index contributed by atoms with van der Waals surface area (Å²) in [5.74, 6) is -0.333. The summed E-state index contributed by atoms with van der Waals surface area (Å²) in [6.07, 6.45) is 7.12. The van der Waals surface area contributed by atoms with Crippen LogP contribution in [0, 0.1) is 6.92 Å². The topological polar surface area (TPSA) is 131 Å². The molecule has 0 radical (unpaired) electrons. The Hall–Kier alpha value is -4.41. The van der Waals surface area contributed by atoms with Gasteiger partial charge in [-0.05, 0) is 30.7 Å². The fraction of sp³-hybridized carbons (Fsp3) is 0.190. The Labute approximate surface area is 181 Å². The van der Waals surface area contributed by atoms with Crippen LogP contribution in [-0.4, -0.2) is 57.1 Å². The standard InChI is InChI=1S/C21H17N9O2/c1-12-3-2-7-30-16(12)9-15(28-30)18-17-13(24-11-25-17)5-8-29(18)21(31)20-27-26-19(32-20)14-4-6-22-10-23-14/h2-4,6-7,9-11,18H,5,8H2,1H3,(H,24,25)/t18-/m1/s1. The predicted octanol–water partition coefficient (Wildman–Crippen LogP) is 1.99. The lowest BCUT2D eigenvalue weighted by atomic mass is 9.99. The first kappa shape index (κ1) is 18.4. The molecule has 1 amide bonds. The number of hydrogen-bond donors (Lipinski definition) is 1. The summed E-state index contributed by atoms with van der Waals surface area (Å²) in [6.45, 7) is 2.48. The number of nitrogens with one attached hydrogen (secondary N) is 1. The quantitative estimate of drug-likeness (QED) is 0.462. The number of fused-ring (bicyclic) bond motifs is 2. The van der Waals surface area contributed by atoms with Crippen molar-refractivity contribution >= 4 is 11.4 Å². The Morgan fingerprint density at radius 2 is 2.19 bits per heavy atom. The molecule has 0 aromatic carbocycles. The molecule has 6 heterocycles. The molecule has 11 heteroatoms. The van der Waals surface area contributed by atoms with Gasteiger partial charge in [-0.15, -0.1) is 10.2 Å². The summed E-state index contributed by atoms with van der Waals surface area (Å²) in [5.41, 5.74) is 4.99. The molecular weight excluding hydrogens is 410 g/mol. The number of imidazole rings is 1. The summed E-state index contributed by atoms with van der Waals surface area (Å²) in [5, 5.41) is 12.7. The van der Waals surface area contributed by atoms with Crippen LogP contribution in [0.3, 0.4) is 0 Å². The van der Waals surface area contributed by atoms with Gasteiger partial charge < -0.3 is 14.3 Å². The van der Waals surface area contributed by atoms with Crippen LogP contribution in [0.1, 0.15) is 39.4 Å². The molecule has 0 unspecified atom stereocenters. The molecule has 0 bridgehead atoms. The molecule has 0 aliphatic carbocycles. The SMILES string of the molecule is Cc1cccn2nc([C@@H]3c4nc[nH]c4CCN3C(=O)c3nnc(-c4ccncn4)o3)cc12. The van der Waals surface area contributed by atoms with E-state index in [1.54, 1.807) is 23.5 Å². The number of carbonyl (C=O) groups excluding carboxylic acids is 1. The van der Waals surface area contributed by atoms with Crippen LogP contribution in [0.25, 0.3) is 17.1 Å². The molecular formula is C21H17N9O2. The van der Waals surface area contributed by atoms with Gasteiger partial charge in [0.2, 0.25) is 0 Å². The highest BCUT2D eigenvalue weighted by molar-refractivity contribution is 5.90. The monoisotopic (exact) mass is 427 g/mol. The Kier molecular flexibility index (Phi) is 4.06. The smallest absolute Gasteiger partial charge is 0.312 e. The van der Waals surface area contributed by atoms with Crippen molar-refractivity contribution in [3.63, 3.8) is 0 Å². The number of amides is 1. The molecule has 1 atom stereocenters. The van der Waals surface area contributed by atoms with Crippen LogP contribution >= 0.6 is 0 Å². The van der Waals surface area contributed by atoms with Crippen LogP contribution < -0.4 is 0 Å². The van der Waals surface area contributed by atoms with Crippen molar-refractivity contribution in [1.82, 2.24) is 44.6 Å². The fourth-order valence-electron chi connectivity index (χ4n) is 4.06. The molecule has 5 aromatic rings. The lowest BCUT2D eigenvalue weighted by molar-refractivity contribution is 0.0646. The van der Waals surface area contributed by atoms with E-state index in [1.807, 2.05) is 35.8 Å². The molecule has 1 aliphatic heterocycles. The number of rotatable bonds is 3. The van der Waals surface area contributed by atoms with Gasteiger partial charge in [-0.3, -0.25) is 4.79 Å². The third-order valence-corrected chi connectivity index (χ3v) is 5.61. The largest absolute Gasteiger partial charge is 0.411 e. The third-order valence-electron chi connectivity index (χ3n) is 5.61. The summed E-state index contributed by atoms with van der Waals surface area (Å²) in [6, 6.07) is 7.12. The van der Waals surface area contributed by atoms with E-state index in [-0.39, 0.29) is 17.7 Å². The predicted molar refractivity (Wildman–Crippen MR) is 110 cm³/mol. The summed E-state index contributed by atoms with van der Waals surface area (Å²) in [7, 11) is 0. The molecule has 32 heavy (non-hydrogen) atoms. The van der Waals surface area contributed by atoms with Crippen molar-refractivity contribution in [3.8, 4) is 11.6 Å². The normalized spacial score (nSPS) is 15.8. The van der Waals surface area contributed by atoms with Crippen molar-refractivity contribution < 1.29 is 9.21 Å². The van der Waals surface area contributed by atoms with Crippen LogP contribution in [-0.2, 0) is 6.42 Å². The number of aromatic amines is 1. The lowest BCUT2D eigenvalue weighted by Crippen LogP contribution is -2.41. The maximum absolute atomic E-state index is 13.5. The minimum Gasteiger partial charge on any atom is -0.411 e. The van der Waals surface area contributed by atoms with E-state index in [0.717, 1.165) is 28.2 Å². The Bertz CT molecular complexity index is 1440. The number of aryl methyl sites for hydroxylation is 1. The average molecular weight is 427 g/mol. The van der Waals surface area contributed by atoms with Gasteiger partial charge in [0.05, 0.1) is 23.2 Å². The molecule has 1 aliphatic rings. The Morgan fingerprint density at radius 3 is 3.03 bits per heavy atom. The highest BCUT2D eigenvalue weighted by Gasteiger charge is 2.38. The molecule has 0 saturated heterocycles. The zero-order valence-electron chi connectivity index (χ0n) is 17.0. The number of pyridine rings is 1. The summed E-state index contributed by atoms with van der Waals surface area (Å²) in [4.78, 5) is 30.8. The first-order valence-electron chi connectivity index (χ1n) is 10.1. The number of H-pyrrole nitrogens is 1. The lowest BCUT2D eigenvalue weighted by Gasteiger charge is -2.32. The van der Waals surface area contributed by atoms with Gasteiger partial charge in [-0.2, -0.15) is 5.10 Å². The van der Waals surface area contributed by atoms with Gasteiger partial charge >= 0.3 is 11.8 Å². The molecule has 5 aromatic heterocycles. The minimum atomic E-state index is -0.480. The van der Waals surface area contributed by atoms with Crippen molar-refractivity contribution in [2.24, 2.45) is 0 Å². The molecule has 0 saturated carbocycles. The van der Waals surface area contributed by atoms with Crippen LogP contribution in [0.15, 0.2) is 53.7 Å². The number of nitrogens with zero attached hydrogens (tertiary/aromatic N) is 8. The maximum Gasteiger partial charge on any atom is 0.312 e. The second-order valence-corrected chi connectivity index (χ2v) is 7.51. The highest BCUT2D eigenvalue weighted by Crippen LogP contribution is 2.34. The van der Waals surface area contributed by atoms with Gasteiger partial charge in [0.25, 0.3) is 5.89 Å². The van der Waals surface area contributed by atoms with E-state index in [1.165, 1.54) is 6.33 Å². The van der Waals surface area contributed by atoms with E-state index < -0.39 is 6.04 Å². The van der Waals surface area contributed by atoms with E-state index in [4.69, 9.17) is 9.52 Å². The Balaban J connectivity index is 1.41. The maximum atomic E-state index is 13.5. The minimum absolute atomic E-state index is 0.109. The van der Waals surface area contributed by atoms with Crippen LogP contribution in [0.2, 0.25) is 0 Å². The van der Waals surface area contributed by atoms with E-state index in [0.29, 0.717) is 18.7 Å². The molecule has 11 nitrogen and oxygen atoms in total. The molecule has 6 rings (SSSR count). The zero-order valence-corrected chi connectivity index (χ0v) is 17.0. The Morgan fingerprint density at radius 1 is 1.25 bits per heavy atom. The van der Waals surface area contributed by atoms with Gasteiger partial charge in [-0.1, -0.05) is 6.07 Å². The third kappa shape index (κ3) is 2.86. The first-order chi connectivity index (χ1) is 15.7. The van der Waals surface area contributed by atoms with E-state index in [2.05, 4.69) is 30.1 Å². The zero-order chi connectivity index (χ0) is 21.7. The number of carbonyl (C=O) groups is 1. The summed E-state index contributed by atoms with van der Waals surface area (Å²) < 4.78 is 7.47. The fourth-order valence-corrected chi connectivity index (χ4v) is 4.06. The molecule has 0 fully saturated rings. The second kappa shape index (κ2) is 7.08.